The molecule has 3 N–H and O–H groups in total. The molecule has 4 heteroatoms. The molecule has 3 rings (SSSR count). The van der Waals surface area contributed by atoms with Crippen molar-refractivity contribution in [1.82, 2.24) is 0 Å². The van der Waals surface area contributed by atoms with Crippen LogP contribution in [0.4, 0.5) is 5.69 Å². The Labute approximate surface area is 123 Å². The van der Waals surface area contributed by atoms with Gasteiger partial charge in [-0.25, -0.2) is 0 Å². The van der Waals surface area contributed by atoms with E-state index in [0.29, 0.717) is 11.8 Å². The molecule has 0 saturated heterocycles. The molecule has 1 aromatic heterocycles. The lowest BCUT2D eigenvalue weighted by atomic mass is 10.1. The average molecular weight is 288 g/mol. The quantitative estimate of drug-likeness (QED) is 0.883. The second-order valence-corrected chi connectivity index (χ2v) is 6.50. The highest BCUT2D eigenvalue weighted by Crippen LogP contribution is 2.36. The van der Waals surface area contributed by atoms with Gasteiger partial charge in [0.15, 0.2) is 0 Å². The van der Waals surface area contributed by atoms with Gasteiger partial charge in [0.05, 0.1) is 6.54 Å². The highest BCUT2D eigenvalue weighted by Gasteiger charge is 2.29. The molecule has 0 bridgehead atoms. The topological polar surface area (TPSA) is 49.5 Å². The zero-order valence-electron chi connectivity index (χ0n) is 11.6. The number of anilines is 1. The van der Waals surface area contributed by atoms with Crippen molar-refractivity contribution in [3.05, 3.63) is 46.2 Å². The number of thiophene rings is 1. The molecule has 0 amide bonds. The number of phenols is 1. The van der Waals surface area contributed by atoms with Crippen LogP contribution in [0.2, 0.25) is 0 Å². The van der Waals surface area contributed by atoms with Crippen LogP contribution in [0.3, 0.4) is 0 Å². The third-order valence-electron chi connectivity index (χ3n) is 3.73. The monoisotopic (exact) mass is 288 g/mol. The summed E-state index contributed by atoms with van der Waals surface area (Å²) in [7, 11) is 0. The van der Waals surface area contributed by atoms with Gasteiger partial charge in [0.25, 0.3) is 0 Å². The Morgan fingerprint density at radius 2 is 2.20 bits per heavy atom. The Hall–Kier alpha value is -1.52. The third kappa shape index (κ3) is 2.81. The summed E-state index contributed by atoms with van der Waals surface area (Å²) in [4.78, 5) is 3.74. The maximum Gasteiger partial charge on any atom is 0.122 e. The standard InChI is InChI=1S/C16H20N2OS/c1-11(17)15-7-6-13(9-16(15)19)18(12-4-5-12)10-14-3-2-8-20-14/h2-3,6-9,11-12,19H,4-5,10,17H2,1H3. The van der Waals surface area contributed by atoms with E-state index in [4.69, 9.17) is 5.73 Å². The number of nitrogens with zero attached hydrogens (tertiary/aromatic N) is 1. The third-order valence-corrected chi connectivity index (χ3v) is 4.59. The number of nitrogens with two attached hydrogens (primary N) is 1. The fourth-order valence-electron chi connectivity index (χ4n) is 2.48. The molecule has 106 valence electrons. The summed E-state index contributed by atoms with van der Waals surface area (Å²) < 4.78 is 0. The van der Waals surface area contributed by atoms with Crippen LogP contribution in [0.15, 0.2) is 35.7 Å². The van der Waals surface area contributed by atoms with Gasteiger partial charge in [-0.15, -0.1) is 11.3 Å². The second-order valence-electron chi connectivity index (χ2n) is 5.47. The first kappa shape index (κ1) is 13.5. The molecule has 0 aliphatic heterocycles. The fourth-order valence-corrected chi connectivity index (χ4v) is 3.19. The largest absolute Gasteiger partial charge is 0.508 e. The smallest absolute Gasteiger partial charge is 0.122 e. The molecule has 1 aromatic carbocycles. The predicted octanol–water partition coefficient (Wildman–Crippen LogP) is 3.64. The molecule has 1 aliphatic carbocycles. The molecular weight excluding hydrogens is 268 g/mol. The number of hydrogen-bond acceptors (Lipinski definition) is 4. The van der Waals surface area contributed by atoms with Crippen molar-refractivity contribution in [3.63, 3.8) is 0 Å². The SMILES string of the molecule is CC(N)c1ccc(N(Cc2cccs2)C2CC2)cc1O. The number of rotatable bonds is 5. The van der Waals surface area contributed by atoms with Crippen molar-refractivity contribution in [2.45, 2.75) is 38.4 Å². The zero-order chi connectivity index (χ0) is 14.1. The minimum absolute atomic E-state index is 0.143. The Morgan fingerprint density at radius 3 is 2.75 bits per heavy atom. The highest BCUT2D eigenvalue weighted by atomic mass is 32.1. The molecule has 20 heavy (non-hydrogen) atoms. The summed E-state index contributed by atoms with van der Waals surface area (Å²) in [5, 5.41) is 12.2. The first-order valence-electron chi connectivity index (χ1n) is 7.02. The normalized spacial score (nSPS) is 16.1. The van der Waals surface area contributed by atoms with Gasteiger partial charge in [0, 0.05) is 34.3 Å². The molecule has 3 nitrogen and oxygen atoms in total. The molecule has 1 saturated carbocycles. The van der Waals surface area contributed by atoms with Gasteiger partial charge in [-0.2, -0.15) is 0 Å². The zero-order valence-corrected chi connectivity index (χ0v) is 12.4. The van der Waals surface area contributed by atoms with E-state index >= 15 is 0 Å². The maximum absolute atomic E-state index is 10.1. The first-order valence-corrected chi connectivity index (χ1v) is 7.90. The molecule has 1 heterocycles. The van der Waals surface area contributed by atoms with Crippen molar-refractivity contribution in [1.29, 1.82) is 0 Å². The number of hydrogen-bond donors (Lipinski definition) is 2. The van der Waals surface area contributed by atoms with E-state index < -0.39 is 0 Å². The second kappa shape index (κ2) is 5.46. The van der Waals surface area contributed by atoms with Crippen molar-refractivity contribution in [3.8, 4) is 5.75 Å². The summed E-state index contributed by atoms with van der Waals surface area (Å²) in [6, 6.07) is 10.6. The van der Waals surface area contributed by atoms with Gasteiger partial charge in [0.2, 0.25) is 0 Å². The summed E-state index contributed by atoms with van der Waals surface area (Å²) >= 11 is 1.78. The van der Waals surface area contributed by atoms with Crippen molar-refractivity contribution in [2.24, 2.45) is 5.73 Å². The van der Waals surface area contributed by atoms with Gasteiger partial charge in [-0.1, -0.05) is 12.1 Å². The molecule has 1 fully saturated rings. The van der Waals surface area contributed by atoms with E-state index in [1.165, 1.54) is 17.7 Å². The minimum atomic E-state index is -0.143. The minimum Gasteiger partial charge on any atom is -0.508 e. The Bertz CT molecular complexity index is 576. The lowest BCUT2D eigenvalue weighted by Crippen LogP contribution is -2.24. The number of aromatic hydroxyl groups is 1. The van der Waals surface area contributed by atoms with E-state index in [1.54, 1.807) is 11.3 Å². The summed E-state index contributed by atoms with van der Waals surface area (Å²) in [5.41, 5.74) is 7.74. The lowest BCUT2D eigenvalue weighted by Gasteiger charge is -2.25. The number of benzene rings is 1. The van der Waals surface area contributed by atoms with Crippen LogP contribution < -0.4 is 10.6 Å². The Kier molecular flexibility index (Phi) is 3.68. The Morgan fingerprint density at radius 1 is 1.40 bits per heavy atom. The molecule has 1 atom stereocenters. The average Bonchev–Trinajstić information content (AvgIpc) is 3.12. The van der Waals surface area contributed by atoms with Crippen LogP contribution in [-0.2, 0) is 6.54 Å². The van der Waals surface area contributed by atoms with E-state index in [9.17, 15) is 5.11 Å². The highest BCUT2D eigenvalue weighted by molar-refractivity contribution is 7.09. The van der Waals surface area contributed by atoms with Crippen LogP contribution in [0, 0.1) is 0 Å². The van der Waals surface area contributed by atoms with Crippen molar-refractivity contribution in [2.75, 3.05) is 4.90 Å². The predicted molar refractivity (Wildman–Crippen MR) is 84.2 cm³/mol. The van der Waals surface area contributed by atoms with Crippen molar-refractivity contribution >= 4 is 17.0 Å². The van der Waals surface area contributed by atoms with Gasteiger partial charge < -0.3 is 15.7 Å². The van der Waals surface area contributed by atoms with Crippen LogP contribution in [0.1, 0.15) is 36.2 Å². The Balaban J connectivity index is 1.86. The number of phenolic OH excluding ortho intramolecular Hbond substituents is 1. The molecular formula is C16H20N2OS. The summed E-state index contributed by atoms with van der Waals surface area (Å²) in [6.45, 7) is 2.80. The van der Waals surface area contributed by atoms with Crippen molar-refractivity contribution < 1.29 is 5.11 Å². The van der Waals surface area contributed by atoms with Gasteiger partial charge in [-0.3, -0.25) is 0 Å². The summed E-state index contributed by atoms with van der Waals surface area (Å²) in [5.74, 6) is 0.300. The van der Waals surface area contributed by atoms with Crippen LogP contribution in [0.5, 0.6) is 5.75 Å². The van der Waals surface area contributed by atoms with E-state index in [-0.39, 0.29) is 6.04 Å². The van der Waals surface area contributed by atoms with Gasteiger partial charge in [-0.05, 0) is 37.3 Å². The van der Waals surface area contributed by atoms with Gasteiger partial charge >= 0.3 is 0 Å². The lowest BCUT2D eigenvalue weighted by molar-refractivity contribution is 0.463. The molecule has 1 unspecified atom stereocenters. The van der Waals surface area contributed by atoms with E-state index in [2.05, 4.69) is 28.5 Å². The van der Waals surface area contributed by atoms with E-state index in [1.807, 2.05) is 19.1 Å². The van der Waals surface area contributed by atoms with Crippen LogP contribution in [0.25, 0.3) is 0 Å². The van der Waals surface area contributed by atoms with E-state index in [0.717, 1.165) is 17.8 Å². The summed E-state index contributed by atoms with van der Waals surface area (Å²) in [6.07, 6.45) is 2.47. The molecule has 1 aliphatic rings. The fraction of sp³-hybridized carbons (Fsp3) is 0.375. The van der Waals surface area contributed by atoms with Gasteiger partial charge in [0.1, 0.15) is 5.75 Å². The van der Waals surface area contributed by atoms with Crippen LogP contribution in [-0.4, -0.2) is 11.1 Å². The molecule has 0 radical (unpaired) electrons. The first-order chi connectivity index (χ1) is 9.65. The maximum atomic E-state index is 10.1. The molecule has 0 spiro atoms. The molecule has 2 aromatic rings. The van der Waals surface area contributed by atoms with Crippen LogP contribution >= 0.6 is 11.3 Å².